The Hall–Kier alpha value is -2.41. The topological polar surface area (TPSA) is 71.0 Å². The molecule has 0 bridgehead atoms. The molecule has 3 aromatic rings. The number of hydrogen-bond donors (Lipinski definition) is 1. The highest BCUT2D eigenvalue weighted by molar-refractivity contribution is 7.17. The number of fused-ring (bicyclic) bond motifs is 1. The molecule has 3 aromatic heterocycles. The van der Waals surface area contributed by atoms with E-state index in [9.17, 15) is 9.59 Å². The molecule has 0 aliphatic heterocycles. The minimum Gasteiger partial charge on any atom is -0.345 e. The van der Waals surface area contributed by atoms with Crippen molar-refractivity contribution < 1.29 is 4.79 Å². The van der Waals surface area contributed by atoms with Gasteiger partial charge in [0.1, 0.15) is 10.5 Å². The highest BCUT2D eigenvalue weighted by Gasteiger charge is 2.24. The van der Waals surface area contributed by atoms with Gasteiger partial charge in [0.05, 0.1) is 17.6 Å². The molecule has 0 radical (unpaired) electrons. The Balaban J connectivity index is 1.57. The van der Waals surface area contributed by atoms with Gasteiger partial charge in [0.25, 0.3) is 11.5 Å². The van der Waals surface area contributed by atoms with Crippen molar-refractivity contribution in [2.75, 3.05) is 7.05 Å². The van der Waals surface area contributed by atoms with Gasteiger partial charge in [0, 0.05) is 24.5 Å². The second-order valence-corrected chi connectivity index (χ2v) is 8.67. The molecule has 1 N–H and O–H groups in total. The number of aromatic nitrogens is 3. The van der Waals surface area contributed by atoms with Crippen molar-refractivity contribution in [1.29, 1.82) is 0 Å². The van der Waals surface area contributed by atoms with Gasteiger partial charge in [-0.25, -0.2) is 4.98 Å². The lowest BCUT2D eigenvalue weighted by molar-refractivity contribution is 0.0780. The predicted molar refractivity (Wildman–Crippen MR) is 112 cm³/mol. The Morgan fingerprint density at radius 3 is 2.82 bits per heavy atom. The fourth-order valence-electron chi connectivity index (χ4n) is 4.39. The maximum Gasteiger partial charge on any atom is 0.268 e. The Kier molecular flexibility index (Phi) is 5.10. The van der Waals surface area contributed by atoms with Crippen molar-refractivity contribution in [1.82, 2.24) is 19.4 Å². The molecule has 1 saturated carbocycles. The zero-order valence-electron chi connectivity index (χ0n) is 16.6. The van der Waals surface area contributed by atoms with Crippen molar-refractivity contribution in [3.05, 3.63) is 50.6 Å². The molecular formula is C21H26N4O2S. The summed E-state index contributed by atoms with van der Waals surface area (Å²) in [5, 5.41) is 1.85. The van der Waals surface area contributed by atoms with Crippen molar-refractivity contribution in [3.8, 4) is 0 Å². The second-order valence-electron chi connectivity index (χ2n) is 7.76. The van der Waals surface area contributed by atoms with E-state index in [1.54, 1.807) is 11.9 Å². The standard InChI is InChI=1S/C21H26N4O2S/c1-13-11-16(14(2)25(13)15-7-5-4-6-8-15)21(27)24(3)12-18-22-17-9-10-28-19(17)20(26)23-18/h9-11,15H,4-8,12H2,1-3H3,(H,22,23,26). The largest absolute Gasteiger partial charge is 0.345 e. The van der Waals surface area contributed by atoms with Crippen LogP contribution in [0.2, 0.25) is 0 Å². The Labute approximate surface area is 168 Å². The van der Waals surface area contributed by atoms with E-state index in [0.717, 1.165) is 17.0 Å². The maximum absolute atomic E-state index is 13.1. The van der Waals surface area contributed by atoms with Gasteiger partial charge in [0.15, 0.2) is 0 Å². The maximum atomic E-state index is 13.1. The molecule has 0 aromatic carbocycles. The number of amides is 1. The van der Waals surface area contributed by atoms with Crippen molar-refractivity contribution in [2.24, 2.45) is 0 Å². The van der Waals surface area contributed by atoms with Crippen LogP contribution < -0.4 is 5.56 Å². The lowest BCUT2D eigenvalue weighted by Crippen LogP contribution is -2.28. The summed E-state index contributed by atoms with van der Waals surface area (Å²) in [6, 6.07) is 4.33. The van der Waals surface area contributed by atoms with E-state index in [-0.39, 0.29) is 18.0 Å². The number of rotatable bonds is 4. The summed E-state index contributed by atoms with van der Waals surface area (Å²) in [5.41, 5.74) is 3.46. The molecule has 0 atom stereocenters. The monoisotopic (exact) mass is 398 g/mol. The molecule has 1 amide bonds. The van der Waals surface area contributed by atoms with Crippen molar-refractivity contribution in [2.45, 2.75) is 58.5 Å². The molecule has 4 rings (SSSR count). The van der Waals surface area contributed by atoms with E-state index in [1.165, 1.54) is 43.4 Å². The highest BCUT2D eigenvalue weighted by atomic mass is 32.1. The number of aromatic amines is 1. The van der Waals surface area contributed by atoms with Gasteiger partial charge in [0.2, 0.25) is 0 Å². The summed E-state index contributed by atoms with van der Waals surface area (Å²) in [7, 11) is 1.76. The SMILES string of the molecule is Cc1cc(C(=O)N(C)Cc2nc3ccsc3c(=O)[nH]2)c(C)n1C1CCCCC1. The smallest absolute Gasteiger partial charge is 0.268 e. The number of hydrogen-bond acceptors (Lipinski definition) is 4. The zero-order chi connectivity index (χ0) is 19.8. The van der Waals surface area contributed by atoms with Gasteiger partial charge >= 0.3 is 0 Å². The van der Waals surface area contributed by atoms with E-state index < -0.39 is 0 Å². The minimum atomic E-state index is -0.147. The Bertz CT molecular complexity index is 1070. The van der Waals surface area contributed by atoms with Crippen LogP contribution in [-0.2, 0) is 6.54 Å². The van der Waals surface area contributed by atoms with Gasteiger partial charge in [-0.15, -0.1) is 11.3 Å². The van der Waals surface area contributed by atoms with E-state index in [2.05, 4.69) is 21.5 Å². The number of carbonyl (C=O) groups is 1. The summed E-state index contributed by atoms with van der Waals surface area (Å²) in [6.45, 7) is 4.40. The Morgan fingerprint density at radius 1 is 1.32 bits per heavy atom. The number of H-pyrrole nitrogens is 1. The predicted octanol–water partition coefficient (Wildman–Crippen LogP) is 4.18. The van der Waals surface area contributed by atoms with Crippen LogP contribution in [0.5, 0.6) is 0 Å². The molecule has 0 spiro atoms. The molecule has 7 heteroatoms. The van der Waals surface area contributed by atoms with E-state index in [4.69, 9.17) is 0 Å². The average Bonchev–Trinajstić information content (AvgIpc) is 3.26. The van der Waals surface area contributed by atoms with Crippen LogP contribution in [0.3, 0.4) is 0 Å². The quantitative estimate of drug-likeness (QED) is 0.717. The first-order chi connectivity index (χ1) is 13.5. The molecule has 28 heavy (non-hydrogen) atoms. The third kappa shape index (κ3) is 3.39. The third-order valence-electron chi connectivity index (χ3n) is 5.75. The molecule has 0 unspecified atom stereocenters. The second kappa shape index (κ2) is 7.54. The number of thiophene rings is 1. The van der Waals surface area contributed by atoms with Crippen LogP contribution in [0.1, 0.15) is 65.7 Å². The molecule has 0 saturated heterocycles. The van der Waals surface area contributed by atoms with Crippen LogP contribution in [0.25, 0.3) is 10.2 Å². The average molecular weight is 399 g/mol. The fourth-order valence-corrected chi connectivity index (χ4v) is 5.12. The summed E-state index contributed by atoms with van der Waals surface area (Å²) < 4.78 is 2.96. The molecule has 148 valence electrons. The molecule has 6 nitrogen and oxygen atoms in total. The Morgan fingerprint density at radius 2 is 2.07 bits per heavy atom. The number of aryl methyl sites for hydroxylation is 1. The third-order valence-corrected chi connectivity index (χ3v) is 6.65. The number of carbonyl (C=O) groups excluding carboxylic acids is 1. The minimum absolute atomic E-state index is 0.0387. The first-order valence-corrected chi connectivity index (χ1v) is 10.7. The van der Waals surface area contributed by atoms with Gasteiger partial charge < -0.3 is 14.5 Å². The summed E-state index contributed by atoms with van der Waals surface area (Å²) >= 11 is 1.37. The van der Waals surface area contributed by atoms with Gasteiger partial charge in [-0.2, -0.15) is 0 Å². The lowest BCUT2D eigenvalue weighted by Gasteiger charge is -2.26. The molecular weight excluding hydrogens is 372 g/mol. The van der Waals surface area contributed by atoms with Crippen LogP contribution in [0.15, 0.2) is 22.3 Å². The van der Waals surface area contributed by atoms with Crippen LogP contribution in [0, 0.1) is 13.8 Å². The van der Waals surface area contributed by atoms with Crippen molar-refractivity contribution >= 4 is 27.5 Å². The number of nitrogens with zero attached hydrogens (tertiary/aromatic N) is 3. The van der Waals surface area contributed by atoms with Gasteiger partial charge in [-0.3, -0.25) is 9.59 Å². The molecule has 3 heterocycles. The summed E-state index contributed by atoms with van der Waals surface area (Å²) in [5.74, 6) is 0.469. The van der Waals surface area contributed by atoms with Crippen LogP contribution in [-0.4, -0.2) is 32.4 Å². The molecule has 1 aliphatic rings. The van der Waals surface area contributed by atoms with Crippen molar-refractivity contribution in [3.63, 3.8) is 0 Å². The molecule has 1 aliphatic carbocycles. The lowest BCUT2D eigenvalue weighted by atomic mass is 9.95. The molecule has 1 fully saturated rings. The van der Waals surface area contributed by atoms with Gasteiger partial charge in [-0.05, 0) is 44.2 Å². The zero-order valence-corrected chi connectivity index (χ0v) is 17.4. The first-order valence-electron chi connectivity index (χ1n) is 9.86. The summed E-state index contributed by atoms with van der Waals surface area (Å²) in [6.07, 6.45) is 6.20. The highest BCUT2D eigenvalue weighted by Crippen LogP contribution is 2.32. The van der Waals surface area contributed by atoms with Gasteiger partial charge in [-0.1, -0.05) is 19.3 Å². The van der Waals surface area contributed by atoms with E-state index in [0.29, 0.717) is 22.1 Å². The first kappa shape index (κ1) is 18.9. The summed E-state index contributed by atoms with van der Waals surface area (Å²) in [4.78, 5) is 34.2. The van der Waals surface area contributed by atoms with E-state index >= 15 is 0 Å². The van der Waals surface area contributed by atoms with Crippen LogP contribution >= 0.6 is 11.3 Å². The van der Waals surface area contributed by atoms with Crippen LogP contribution in [0.4, 0.5) is 0 Å². The normalized spacial score (nSPS) is 15.2. The fraction of sp³-hybridized carbons (Fsp3) is 0.476. The van der Waals surface area contributed by atoms with E-state index in [1.807, 2.05) is 24.4 Å². The number of nitrogens with one attached hydrogen (secondary N) is 1.